The van der Waals surface area contributed by atoms with Gasteiger partial charge in [0.15, 0.2) is 0 Å². The van der Waals surface area contributed by atoms with Gasteiger partial charge in [0.2, 0.25) is 0 Å². The van der Waals surface area contributed by atoms with Crippen molar-refractivity contribution in [2.75, 3.05) is 31.1 Å². The molecule has 1 aliphatic rings. The highest BCUT2D eigenvalue weighted by Gasteiger charge is 2.19. The maximum Gasteiger partial charge on any atom is 0.387 e. The van der Waals surface area contributed by atoms with Gasteiger partial charge in [0.05, 0.1) is 0 Å². The molecule has 1 fully saturated rings. The van der Waals surface area contributed by atoms with Gasteiger partial charge in [-0.15, -0.1) is 0 Å². The number of ether oxygens (including phenoxy) is 1. The van der Waals surface area contributed by atoms with Crippen LogP contribution in [-0.4, -0.2) is 42.8 Å². The van der Waals surface area contributed by atoms with E-state index in [1.807, 2.05) is 24.3 Å². The maximum atomic E-state index is 12.5. The Kier molecular flexibility index (Phi) is 5.15. The Labute approximate surface area is 139 Å². The Morgan fingerprint density at radius 3 is 2.29 bits per heavy atom. The van der Waals surface area contributed by atoms with E-state index in [9.17, 15) is 13.9 Å². The van der Waals surface area contributed by atoms with E-state index in [0.717, 1.165) is 37.4 Å². The van der Waals surface area contributed by atoms with E-state index < -0.39 is 6.61 Å². The van der Waals surface area contributed by atoms with Crippen molar-refractivity contribution < 1.29 is 18.6 Å². The van der Waals surface area contributed by atoms with Gasteiger partial charge in [0.1, 0.15) is 11.5 Å². The number of piperazine rings is 1. The standard InChI is InChI=1S/C18H20F2N2O2/c19-18(20)24-17-4-2-1-3-14(17)13-21-9-11-22(12-10-21)15-5-7-16(23)8-6-15/h1-8,18,23H,9-13H2. The first kappa shape index (κ1) is 16.5. The second kappa shape index (κ2) is 7.49. The quantitative estimate of drug-likeness (QED) is 0.910. The third kappa shape index (κ3) is 4.14. The number of anilines is 1. The summed E-state index contributed by atoms with van der Waals surface area (Å²) in [5.41, 5.74) is 1.85. The molecule has 0 aromatic heterocycles. The minimum Gasteiger partial charge on any atom is -0.508 e. The van der Waals surface area contributed by atoms with E-state index in [1.165, 1.54) is 0 Å². The molecule has 0 aliphatic carbocycles. The summed E-state index contributed by atoms with van der Waals surface area (Å²) in [4.78, 5) is 4.47. The number of alkyl halides is 2. The minimum atomic E-state index is -2.81. The Bertz CT molecular complexity index is 656. The van der Waals surface area contributed by atoms with E-state index in [0.29, 0.717) is 6.54 Å². The molecule has 2 aromatic carbocycles. The monoisotopic (exact) mass is 334 g/mol. The predicted octanol–water partition coefficient (Wildman–Crippen LogP) is 3.32. The van der Waals surface area contributed by atoms with Crippen LogP contribution >= 0.6 is 0 Å². The molecule has 0 radical (unpaired) electrons. The number of phenolic OH excluding ortho intramolecular Hbond substituents is 1. The van der Waals surface area contributed by atoms with Crippen molar-refractivity contribution in [2.24, 2.45) is 0 Å². The molecule has 0 amide bonds. The Hall–Kier alpha value is -2.34. The molecule has 1 heterocycles. The molecule has 1 aliphatic heterocycles. The molecule has 0 atom stereocenters. The van der Waals surface area contributed by atoms with Crippen molar-refractivity contribution in [3.63, 3.8) is 0 Å². The van der Waals surface area contributed by atoms with Gasteiger partial charge in [-0.3, -0.25) is 4.90 Å². The van der Waals surface area contributed by atoms with Crippen molar-refractivity contribution in [1.29, 1.82) is 0 Å². The summed E-state index contributed by atoms with van der Waals surface area (Å²) in [6, 6.07) is 14.1. The molecule has 2 aromatic rings. The number of rotatable bonds is 5. The molecule has 4 nitrogen and oxygen atoms in total. The number of aromatic hydroxyl groups is 1. The van der Waals surface area contributed by atoms with Crippen molar-refractivity contribution in [3.05, 3.63) is 54.1 Å². The smallest absolute Gasteiger partial charge is 0.387 e. The highest BCUT2D eigenvalue weighted by Crippen LogP contribution is 2.24. The molecule has 128 valence electrons. The average Bonchev–Trinajstić information content (AvgIpc) is 2.58. The summed E-state index contributed by atoms with van der Waals surface area (Å²) in [6.07, 6.45) is 0. The largest absolute Gasteiger partial charge is 0.508 e. The van der Waals surface area contributed by atoms with Gasteiger partial charge in [0, 0.05) is 44.0 Å². The van der Waals surface area contributed by atoms with Crippen molar-refractivity contribution in [2.45, 2.75) is 13.2 Å². The van der Waals surface area contributed by atoms with Crippen LogP contribution < -0.4 is 9.64 Å². The lowest BCUT2D eigenvalue weighted by atomic mass is 10.1. The van der Waals surface area contributed by atoms with Gasteiger partial charge in [0.25, 0.3) is 0 Å². The number of hydrogen-bond donors (Lipinski definition) is 1. The summed E-state index contributed by atoms with van der Waals surface area (Å²) in [5, 5.41) is 9.36. The van der Waals surface area contributed by atoms with Crippen LogP contribution in [0.5, 0.6) is 11.5 Å². The molecular weight excluding hydrogens is 314 g/mol. The normalized spacial score (nSPS) is 15.7. The number of benzene rings is 2. The van der Waals surface area contributed by atoms with Gasteiger partial charge >= 0.3 is 6.61 Å². The Morgan fingerprint density at radius 1 is 0.958 bits per heavy atom. The Morgan fingerprint density at radius 2 is 1.62 bits per heavy atom. The second-order valence-corrected chi connectivity index (χ2v) is 5.77. The average molecular weight is 334 g/mol. The highest BCUT2D eigenvalue weighted by atomic mass is 19.3. The van der Waals surface area contributed by atoms with Gasteiger partial charge in [-0.25, -0.2) is 0 Å². The van der Waals surface area contributed by atoms with E-state index in [2.05, 4.69) is 14.5 Å². The number of halogens is 2. The summed E-state index contributed by atoms with van der Waals surface area (Å²) in [7, 11) is 0. The van der Waals surface area contributed by atoms with E-state index in [4.69, 9.17) is 0 Å². The predicted molar refractivity (Wildman–Crippen MR) is 88.7 cm³/mol. The van der Waals surface area contributed by atoms with Crippen molar-refractivity contribution in [1.82, 2.24) is 4.90 Å². The molecular formula is C18H20F2N2O2. The van der Waals surface area contributed by atoms with Crippen LogP contribution in [0.15, 0.2) is 48.5 Å². The molecule has 24 heavy (non-hydrogen) atoms. The van der Waals surface area contributed by atoms with Crippen LogP contribution in [-0.2, 0) is 6.54 Å². The molecule has 3 rings (SSSR count). The van der Waals surface area contributed by atoms with Crippen LogP contribution in [0.2, 0.25) is 0 Å². The van der Waals surface area contributed by atoms with E-state index in [-0.39, 0.29) is 11.5 Å². The van der Waals surface area contributed by atoms with E-state index in [1.54, 1.807) is 24.3 Å². The third-order valence-corrected chi connectivity index (χ3v) is 4.17. The van der Waals surface area contributed by atoms with Gasteiger partial charge in [-0.2, -0.15) is 8.78 Å². The zero-order chi connectivity index (χ0) is 16.9. The molecule has 1 saturated heterocycles. The SMILES string of the molecule is Oc1ccc(N2CCN(Cc3ccccc3OC(F)F)CC2)cc1. The Balaban J connectivity index is 1.59. The van der Waals surface area contributed by atoms with Crippen molar-refractivity contribution >= 4 is 5.69 Å². The lowest BCUT2D eigenvalue weighted by molar-refractivity contribution is -0.0507. The second-order valence-electron chi connectivity index (χ2n) is 5.77. The summed E-state index contributed by atoms with van der Waals surface area (Å²) < 4.78 is 29.6. The molecule has 6 heteroatoms. The maximum absolute atomic E-state index is 12.5. The lowest BCUT2D eigenvalue weighted by Crippen LogP contribution is -2.46. The zero-order valence-corrected chi connectivity index (χ0v) is 13.2. The number of hydrogen-bond acceptors (Lipinski definition) is 4. The fourth-order valence-corrected chi connectivity index (χ4v) is 2.91. The summed E-state index contributed by atoms with van der Waals surface area (Å²) in [6.45, 7) is 1.16. The number of phenols is 1. The fourth-order valence-electron chi connectivity index (χ4n) is 2.91. The first-order valence-corrected chi connectivity index (χ1v) is 7.91. The first-order valence-electron chi connectivity index (χ1n) is 7.91. The molecule has 0 saturated carbocycles. The zero-order valence-electron chi connectivity index (χ0n) is 13.2. The topological polar surface area (TPSA) is 35.9 Å². The molecule has 0 spiro atoms. The minimum absolute atomic E-state index is 0.244. The lowest BCUT2D eigenvalue weighted by Gasteiger charge is -2.36. The van der Waals surface area contributed by atoms with Crippen LogP contribution in [0.4, 0.5) is 14.5 Å². The van der Waals surface area contributed by atoms with E-state index >= 15 is 0 Å². The highest BCUT2D eigenvalue weighted by molar-refractivity contribution is 5.49. The van der Waals surface area contributed by atoms with Gasteiger partial charge < -0.3 is 14.7 Å². The van der Waals surface area contributed by atoms with Crippen LogP contribution in [0.1, 0.15) is 5.56 Å². The van der Waals surface area contributed by atoms with Gasteiger partial charge in [-0.05, 0) is 30.3 Å². The van der Waals surface area contributed by atoms with Crippen molar-refractivity contribution in [3.8, 4) is 11.5 Å². The molecule has 0 unspecified atom stereocenters. The van der Waals surface area contributed by atoms with Crippen LogP contribution in [0, 0.1) is 0 Å². The number of para-hydroxylation sites is 1. The van der Waals surface area contributed by atoms with Crippen LogP contribution in [0.25, 0.3) is 0 Å². The number of nitrogens with zero attached hydrogens (tertiary/aromatic N) is 2. The summed E-state index contributed by atoms with van der Waals surface area (Å²) >= 11 is 0. The fraction of sp³-hybridized carbons (Fsp3) is 0.333. The summed E-state index contributed by atoms with van der Waals surface area (Å²) in [5.74, 6) is 0.501. The molecule has 1 N–H and O–H groups in total. The van der Waals surface area contributed by atoms with Crippen LogP contribution in [0.3, 0.4) is 0 Å². The first-order chi connectivity index (χ1) is 11.6. The molecule has 0 bridgehead atoms. The third-order valence-electron chi connectivity index (χ3n) is 4.17. The van der Waals surface area contributed by atoms with Gasteiger partial charge in [-0.1, -0.05) is 18.2 Å².